The average molecular weight is 346 g/mol. The first-order valence-corrected chi connectivity index (χ1v) is 7.94. The first kappa shape index (κ1) is 15.8. The zero-order chi connectivity index (χ0) is 18.3. The highest BCUT2D eigenvalue weighted by Crippen LogP contribution is 2.26. The summed E-state index contributed by atoms with van der Waals surface area (Å²) in [4.78, 5) is 28.0. The number of aromatic nitrogens is 2. The number of aromatic carboxylic acids is 1. The standard InChI is InChI=1S/C20H14N2O4/c1-22-15(12-7-9-14(10-8-12)20(24)25)11-16-17(19(22)23)21-18(26-16)13-5-3-2-4-6-13/h2-11H,1H3,(H,24,25). The molecule has 0 bridgehead atoms. The van der Waals surface area contributed by atoms with Crippen molar-refractivity contribution in [2.24, 2.45) is 7.05 Å². The van der Waals surface area contributed by atoms with E-state index in [0.717, 1.165) is 5.56 Å². The molecule has 6 nitrogen and oxygen atoms in total. The smallest absolute Gasteiger partial charge is 0.335 e. The number of nitrogens with zero attached hydrogens (tertiary/aromatic N) is 2. The molecule has 0 aliphatic carbocycles. The molecule has 6 heteroatoms. The summed E-state index contributed by atoms with van der Waals surface area (Å²) in [5.74, 6) is -0.611. The number of fused-ring (bicyclic) bond motifs is 1. The van der Waals surface area contributed by atoms with E-state index in [1.807, 2.05) is 30.3 Å². The van der Waals surface area contributed by atoms with Crippen molar-refractivity contribution in [1.82, 2.24) is 9.55 Å². The van der Waals surface area contributed by atoms with E-state index >= 15 is 0 Å². The Labute approximate surface area is 148 Å². The number of hydrogen-bond donors (Lipinski definition) is 1. The minimum atomic E-state index is -0.997. The lowest BCUT2D eigenvalue weighted by molar-refractivity contribution is 0.0697. The van der Waals surface area contributed by atoms with Crippen LogP contribution in [0.15, 0.2) is 69.9 Å². The minimum Gasteiger partial charge on any atom is -0.478 e. The molecule has 2 aromatic carbocycles. The van der Waals surface area contributed by atoms with Crippen LogP contribution in [0.4, 0.5) is 0 Å². The molecule has 4 aromatic rings. The van der Waals surface area contributed by atoms with Crippen LogP contribution in [-0.4, -0.2) is 20.6 Å². The van der Waals surface area contributed by atoms with Gasteiger partial charge in [0, 0.05) is 18.7 Å². The summed E-state index contributed by atoms with van der Waals surface area (Å²) in [6.45, 7) is 0. The van der Waals surface area contributed by atoms with Crippen LogP contribution in [0.1, 0.15) is 10.4 Å². The second kappa shape index (κ2) is 6.00. The summed E-state index contributed by atoms with van der Waals surface area (Å²) in [5.41, 5.74) is 2.69. The first-order valence-electron chi connectivity index (χ1n) is 7.94. The number of benzene rings is 2. The van der Waals surface area contributed by atoms with E-state index in [4.69, 9.17) is 9.52 Å². The van der Waals surface area contributed by atoms with Crippen LogP contribution >= 0.6 is 0 Å². The van der Waals surface area contributed by atoms with Gasteiger partial charge in [0.05, 0.1) is 11.3 Å². The molecule has 0 unspecified atom stereocenters. The van der Waals surface area contributed by atoms with Crippen LogP contribution in [0, 0.1) is 0 Å². The van der Waals surface area contributed by atoms with Gasteiger partial charge in [-0.05, 0) is 29.8 Å². The van der Waals surface area contributed by atoms with Crippen molar-refractivity contribution < 1.29 is 14.3 Å². The second-order valence-electron chi connectivity index (χ2n) is 5.87. The number of oxazole rings is 1. The Bertz CT molecular complexity index is 1170. The zero-order valence-corrected chi connectivity index (χ0v) is 13.8. The van der Waals surface area contributed by atoms with Gasteiger partial charge in [0.1, 0.15) is 0 Å². The van der Waals surface area contributed by atoms with Crippen molar-refractivity contribution in [2.75, 3.05) is 0 Å². The molecule has 0 atom stereocenters. The number of pyridine rings is 1. The molecule has 4 rings (SSSR count). The third-order valence-corrected chi connectivity index (χ3v) is 4.24. The number of carbonyl (C=O) groups is 1. The van der Waals surface area contributed by atoms with E-state index in [-0.39, 0.29) is 16.6 Å². The van der Waals surface area contributed by atoms with Gasteiger partial charge in [-0.2, -0.15) is 0 Å². The fourth-order valence-electron chi connectivity index (χ4n) is 2.84. The number of hydrogen-bond acceptors (Lipinski definition) is 4. The predicted octanol–water partition coefficient (Wildman–Crippen LogP) is 3.56. The summed E-state index contributed by atoms with van der Waals surface area (Å²) in [5, 5.41) is 9.02. The van der Waals surface area contributed by atoms with Gasteiger partial charge in [-0.1, -0.05) is 30.3 Å². The Hall–Kier alpha value is -3.67. The molecule has 0 spiro atoms. The molecule has 0 aliphatic rings. The van der Waals surface area contributed by atoms with E-state index in [9.17, 15) is 9.59 Å². The summed E-state index contributed by atoms with van der Waals surface area (Å²) in [7, 11) is 1.65. The lowest BCUT2D eigenvalue weighted by atomic mass is 10.1. The van der Waals surface area contributed by atoms with Gasteiger partial charge in [0.25, 0.3) is 5.56 Å². The van der Waals surface area contributed by atoms with E-state index < -0.39 is 5.97 Å². The highest BCUT2D eigenvalue weighted by Gasteiger charge is 2.15. The first-order chi connectivity index (χ1) is 12.5. The fourth-order valence-corrected chi connectivity index (χ4v) is 2.84. The van der Waals surface area contributed by atoms with Crippen LogP contribution in [0.2, 0.25) is 0 Å². The van der Waals surface area contributed by atoms with Gasteiger partial charge in [0.15, 0.2) is 11.1 Å². The molecule has 2 aromatic heterocycles. The van der Waals surface area contributed by atoms with Crippen LogP contribution in [0.5, 0.6) is 0 Å². The Balaban J connectivity index is 1.88. The summed E-state index contributed by atoms with van der Waals surface area (Å²) in [6.07, 6.45) is 0. The monoisotopic (exact) mass is 346 g/mol. The Morgan fingerprint density at radius 3 is 2.38 bits per heavy atom. The fraction of sp³-hybridized carbons (Fsp3) is 0.0500. The zero-order valence-electron chi connectivity index (χ0n) is 13.8. The molecule has 26 heavy (non-hydrogen) atoms. The molecule has 2 heterocycles. The molecule has 1 N–H and O–H groups in total. The normalized spacial score (nSPS) is 11.0. The quantitative estimate of drug-likeness (QED) is 0.613. The maximum absolute atomic E-state index is 12.7. The molecular weight excluding hydrogens is 332 g/mol. The van der Waals surface area contributed by atoms with Gasteiger partial charge in [-0.15, -0.1) is 0 Å². The maximum atomic E-state index is 12.7. The van der Waals surface area contributed by atoms with Crippen LogP contribution in [0.25, 0.3) is 33.8 Å². The Kier molecular flexibility index (Phi) is 3.65. The van der Waals surface area contributed by atoms with E-state index in [0.29, 0.717) is 22.7 Å². The van der Waals surface area contributed by atoms with Gasteiger partial charge < -0.3 is 14.1 Å². The maximum Gasteiger partial charge on any atom is 0.335 e. The summed E-state index contributed by atoms with van der Waals surface area (Å²) in [6, 6.07) is 17.4. The lowest BCUT2D eigenvalue weighted by Gasteiger charge is -2.08. The Morgan fingerprint density at radius 1 is 1.04 bits per heavy atom. The predicted molar refractivity (Wildman–Crippen MR) is 97.1 cm³/mol. The minimum absolute atomic E-state index is 0.186. The van der Waals surface area contributed by atoms with Gasteiger partial charge in [-0.3, -0.25) is 4.79 Å². The Morgan fingerprint density at radius 2 is 1.73 bits per heavy atom. The SMILES string of the molecule is Cn1c(-c2ccc(C(=O)O)cc2)cc2oc(-c3ccccc3)nc2c1=O. The molecule has 0 radical (unpaired) electrons. The van der Waals surface area contributed by atoms with Gasteiger partial charge >= 0.3 is 5.97 Å². The molecule has 0 saturated carbocycles. The second-order valence-corrected chi connectivity index (χ2v) is 5.87. The summed E-state index contributed by atoms with van der Waals surface area (Å²) >= 11 is 0. The molecular formula is C20H14N2O4. The van der Waals surface area contributed by atoms with Crippen LogP contribution in [-0.2, 0) is 7.05 Å². The van der Waals surface area contributed by atoms with E-state index in [1.54, 1.807) is 25.2 Å². The number of carboxylic acids is 1. The lowest BCUT2D eigenvalue weighted by Crippen LogP contribution is -2.18. The molecule has 0 saturated heterocycles. The number of rotatable bonds is 3. The third kappa shape index (κ3) is 2.57. The molecule has 0 aliphatic heterocycles. The average Bonchev–Trinajstić information content (AvgIpc) is 3.10. The highest BCUT2D eigenvalue weighted by atomic mass is 16.4. The van der Waals surface area contributed by atoms with Crippen molar-refractivity contribution in [3.8, 4) is 22.7 Å². The van der Waals surface area contributed by atoms with Crippen molar-refractivity contribution in [3.63, 3.8) is 0 Å². The third-order valence-electron chi connectivity index (χ3n) is 4.24. The van der Waals surface area contributed by atoms with Gasteiger partial charge in [-0.25, -0.2) is 9.78 Å². The van der Waals surface area contributed by atoms with Crippen LogP contribution < -0.4 is 5.56 Å². The largest absolute Gasteiger partial charge is 0.478 e. The molecule has 0 fully saturated rings. The van der Waals surface area contributed by atoms with Crippen molar-refractivity contribution in [1.29, 1.82) is 0 Å². The summed E-state index contributed by atoms with van der Waals surface area (Å²) < 4.78 is 7.28. The topological polar surface area (TPSA) is 85.3 Å². The highest BCUT2D eigenvalue weighted by molar-refractivity contribution is 5.88. The van der Waals surface area contributed by atoms with Gasteiger partial charge in [0.2, 0.25) is 5.89 Å². The van der Waals surface area contributed by atoms with E-state index in [2.05, 4.69) is 4.98 Å². The van der Waals surface area contributed by atoms with E-state index in [1.165, 1.54) is 16.7 Å². The van der Waals surface area contributed by atoms with Crippen LogP contribution in [0.3, 0.4) is 0 Å². The molecule has 0 amide bonds. The van der Waals surface area contributed by atoms with Crippen molar-refractivity contribution >= 4 is 17.1 Å². The van der Waals surface area contributed by atoms with Crippen molar-refractivity contribution in [2.45, 2.75) is 0 Å². The van der Waals surface area contributed by atoms with Crippen molar-refractivity contribution in [3.05, 3.63) is 76.6 Å². The number of carboxylic acid groups (broad SMARTS) is 1. The molecule has 128 valence electrons.